The van der Waals surface area contributed by atoms with Crippen LogP contribution in [0.25, 0.3) is 5.57 Å². The highest BCUT2D eigenvalue weighted by molar-refractivity contribution is 5.99. The van der Waals surface area contributed by atoms with Crippen LogP contribution in [0.15, 0.2) is 59.3 Å². The molecule has 1 aliphatic heterocycles. The smallest absolute Gasteiger partial charge is 0.319 e. The number of aliphatic imine (C=N–C) groups is 1. The number of carbonyl (C=O) groups is 1. The molecule has 1 aromatic rings. The van der Waals surface area contributed by atoms with Gasteiger partial charge in [-0.05, 0) is 80.4 Å². The van der Waals surface area contributed by atoms with Gasteiger partial charge in [0.2, 0.25) is 0 Å². The predicted molar refractivity (Wildman–Crippen MR) is 119 cm³/mol. The Kier molecular flexibility index (Phi) is 6.68. The third-order valence-corrected chi connectivity index (χ3v) is 5.16. The van der Waals surface area contributed by atoms with Crippen molar-refractivity contribution in [3.63, 3.8) is 0 Å². The Balaban J connectivity index is 1.77. The van der Waals surface area contributed by atoms with Crippen LogP contribution in [-0.2, 0) is 0 Å². The molecule has 0 spiro atoms. The van der Waals surface area contributed by atoms with Gasteiger partial charge in [0.25, 0.3) is 0 Å². The lowest BCUT2D eigenvalue weighted by atomic mass is 9.84. The van der Waals surface area contributed by atoms with Crippen LogP contribution in [0.4, 0.5) is 14.9 Å². The number of benzene rings is 1. The molecule has 2 N–H and O–H groups in total. The molecule has 2 amide bonds. The number of nitrogens with zero attached hydrogens (tertiary/aromatic N) is 1. The molecule has 0 saturated heterocycles. The fourth-order valence-corrected chi connectivity index (χ4v) is 3.59. The molecule has 1 atom stereocenters. The van der Waals surface area contributed by atoms with Gasteiger partial charge in [-0.3, -0.25) is 4.99 Å². The minimum absolute atomic E-state index is 0.0377. The van der Waals surface area contributed by atoms with E-state index in [2.05, 4.69) is 41.9 Å². The maximum absolute atomic E-state index is 13.6. The number of nitrogens with one attached hydrogen (secondary N) is 2. The number of fused-ring (bicyclic) bond motifs is 2. The van der Waals surface area contributed by atoms with Crippen molar-refractivity contribution < 1.29 is 9.18 Å². The fourth-order valence-electron chi connectivity index (χ4n) is 3.59. The Bertz CT molecular complexity index is 874. The molecule has 0 saturated carbocycles. The van der Waals surface area contributed by atoms with Gasteiger partial charge in [0.15, 0.2) is 0 Å². The number of hydrogen-bond donors (Lipinski definition) is 2. The van der Waals surface area contributed by atoms with Crippen LogP contribution in [0, 0.1) is 5.92 Å². The van der Waals surface area contributed by atoms with E-state index in [1.807, 2.05) is 24.4 Å². The standard InChI is InChI=1S/C24H30FN3O/c1-4-17-8-5-6-9-18-14-21(12-17)26-15-22(18)19-10-7-11-20(13-19)28-23(29)27-16-24(2,3)25/h5,7-8,10-13,15,18H,4,6,9,14,16H2,1-3H3,(H2,27,28,29). The second kappa shape index (κ2) is 9.21. The number of allylic oxidation sites excluding steroid dienone is 5. The van der Waals surface area contributed by atoms with Crippen molar-refractivity contribution in [3.8, 4) is 0 Å². The summed E-state index contributed by atoms with van der Waals surface area (Å²) in [5.74, 6) is 0.399. The van der Waals surface area contributed by atoms with Crippen LogP contribution >= 0.6 is 0 Å². The maximum Gasteiger partial charge on any atom is 0.319 e. The Morgan fingerprint density at radius 3 is 2.93 bits per heavy atom. The first-order valence-electron chi connectivity index (χ1n) is 10.3. The lowest BCUT2D eigenvalue weighted by Gasteiger charge is -2.23. The van der Waals surface area contributed by atoms with Crippen LogP contribution in [-0.4, -0.2) is 24.0 Å². The van der Waals surface area contributed by atoms with Gasteiger partial charge in [-0.25, -0.2) is 9.18 Å². The highest BCUT2D eigenvalue weighted by atomic mass is 19.1. The molecule has 1 aromatic carbocycles. The van der Waals surface area contributed by atoms with Gasteiger partial charge in [-0.1, -0.05) is 31.2 Å². The maximum atomic E-state index is 13.6. The largest absolute Gasteiger partial charge is 0.335 e. The first kappa shape index (κ1) is 21.0. The van der Waals surface area contributed by atoms with Crippen molar-refractivity contribution in [2.24, 2.45) is 10.9 Å². The number of alkyl halides is 1. The van der Waals surface area contributed by atoms with E-state index in [0.717, 1.165) is 37.0 Å². The topological polar surface area (TPSA) is 53.5 Å². The molecule has 1 aliphatic carbocycles. The van der Waals surface area contributed by atoms with E-state index in [1.165, 1.54) is 25.0 Å². The summed E-state index contributed by atoms with van der Waals surface area (Å²) in [4.78, 5) is 16.8. The number of anilines is 1. The molecular formula is C24H30FN3O. The normalized spacial score (nSPS) is 19.2. The number of rotatable bonds is 5. The minimum atomic E-state index is -1.45. The van der Waals surface area contributed by atoms with E-state index in [0.29, 0.717) is 11.6 Å². The van der Waals surface area contributed by atoms with Crippen molar-refractivity contribution in [1.82, 2.24) is 5.32 Å². The SMILES string of the molecule is CCC1=CC2=NC=C(c3cccc(NC(=O)NCC(C)(C)F)c3)C(CCC=C1)C2. The van der Waals surface area contributed by atoms with Crippen molar-refractivity contribution >= 4 is 23.0 Å². The van der Waals surface area contributed by atoms with Gasteiger partial charge in [0, 0.05) is 17.6 Å². The number of hydrogen-bond acceptors (Lipinski definition) is 2. The number of amides is 2. The zero-order valence-corrected chi connectivity index (χ0v) is 17.5. The second-order valence-electron chi connectivity index (χ2n) is 8.27. The number of carbonyl (C=O) groups excluding carboxylic acids is 1. The molecule has 29 heavy (non-hydrogen) atoms. The summed E-state index contributed by atoms with van der Waals surface area (Å²) in [6, 6.07) is 7.37. The van der Waals surface area contributed by atoms with Crippen molar-refractivity contribution in [2.75, 3.05) is 11.9 Å². The highest BCUT2D eigenvalue weighted by Gasteiger charge is 2.22. The van der Waals surface area contributed by atoms with Gasteiger partial charge in [-0.15, -0.1) is 0 Å². The quantitative estimate of drug-likeness (QED) is 0.627. The Labute approximate surface area is 172 Å². The molecule has 3 rings (SSSR count). The number of urea groups is 1. The van der Waals surface area contributed by atoms with Crippen LogP contribution in [0.1, 0.15) is 52.0 Å². The molecule has 0 aromatic heterocycles. The van der Waals surface area contributed by atoms with Gasteiger partial charge >= 0.3 is 6.03 Å². The Hall–Kier alpha value is -2.69. The predicted octanol–water partition coefficient (Wildman–Crippen LogP) is 6.04. The summed E-state index contributed by atoms with van der Waals surface area (Å²) >= 11 is 0. The van der Waals surface area contributed by atoms with Gasteiger partial charge < -0.3 is 10.6 Å². The molecule has 2 bridgehead atoms. The van der Waals surface area contributed by atoms with E-state index >= 15 is 0 Å². The lowest BCUT2D eigenvalue weighted by molar-refractivity contribution is 0.205. The highest BCUT2D eigenvalue weighted by Crippen LogP contribution is 2.35. The monoisotopic (exact) mass is 395 g/mol. The first-order chi connectivity index (χ1) is 13.8. The molecule has 5 heteroatoms. The van der Waals surface area contributed by atoms with Gasteiger partial charge in [-0.2, -0.15) is 0 Å². The molecule has 1 heterocycles. The van der Waals surface area contributed by atoms with Crippen molar-refractivity contribution in [2.45, 2.75) is 52.1 Å². The summed E-state index contributed by atoms with van der Waals surface area (Å²) in [5, 5.41) is 5.36. The number of halogens is 1. The summed E-state index contributed by atoms with van der Waals surface area (Å²) < 4.78 is 13.6. The fraction of sp³-hybridized carbons (Fsp3) is 0.417. The molecule has 2 aliphatic rings. The third-order valence-electron chi connectivity index (χ3n) is 5.16. The van der Waals surface area contributed by atoms with E-state index in [9.17, 15) is 9.18 Å². The van der Waals surface area contributed by atoms with Gasteiger partial charge in [0.1, 0.15) is 5.67 Å². The Morgan fingerprint density at radius 2 is 2.17 bits per heavy atom. The van der Waals surface area contributed by atoms with E-state index < -0.39 is 11.7 Å². The van der Waals surface area contributed by atoms with Crippen molar-refractivity contribution in [1.29, 1.82) is 0 Å². The molecule has 4 nitrogen and oxygen atoms in total. The van der Waals surface area contributed by atoms with Crippen LogP contribution in [0.3, 0.4) is 0 Å². The Morgan fingerprint density at radius 1 is 1.34 bits per heavy atom. The second-order valence-corrected chi connectivity index (χ2v) is 8.27. The van der Waals surface area contributed by atoms with Crippen LogP contribution in [0.2, 0.25) is 0 Å². The zero-order valence-electron chi connectivity index (χ0n) is 17.5. The summed E-state index contributed by atoms with van der Waals surface area (Å²) in [6.45, 7) is 5.00. The zero-order chi connectivity index (χ0) is 20.9. The summed E-state index contributed by atoms with van der Waals surface area (Å²) in [5.41, 5.74) is 3.94. The van der Waals surface area contributed by atoms with E-state index in [-0.39, 0.29) is 6.54 Å². The van der Waals surface area contributed by atoms with Gasteiger partial charge in [0.05, 0.1) is 6.54 Å². The minimum Gasteiger partial charge on any atom is -0.335 e. The average molecular weight is 396 g/mol. The average Bonchev–Trinajstić information content (AvgIpc) is 2.75. The molecule has 1 unspecified atom stereocenters. The van der Waals surface area contributed by atoms with Crippen LogP contribution in [0.5, 0.6) is 0 Å². The van der Waals surface area contributed by atoms with Crippen molar-refractivity contribution in [3.05, 3.63) is 59.8 Å². The molecule has 0 fully saturated rings. The molecular weight excluding hydrogens is 365 g/mol. The van der Waals surface area contributed by atoms with Crippen LogP contribution < -0.4 is 10.6 Å². The summed E-state index contributed by atoms with van der Waals surface area (Å²) in [6.07, 6.45) is 12.7. The van der Waals surface area contributed by atoms with E-state index in [1.54, 1.807) is 0 Å². The summed E-state index contributed by atoms with van der Waals surface area (Å²) in [7, 11) is 0. The first-order valence-corrected chi connectivity index (χ1v) is 10.3. The molecule has 154 valence electrons. The van der Waals surface area contributed by atoms with E-state index in [4.69, 9.17) is 4.99 Å². The third kappa shape index (κ3) is 6.14. The molecule has 0 radical (unpaired) electrons. The lowest BCUT2D eigenvalue weighted by Crippen LogP contribution is -2.37.